The topological polar surface area (TPSA) is 75.3 Å². The van der Waals surface area contributed by atoms with Crippen molar-refractivity contribution in [1.29, 1.82) is 0 Å². The second-order valence-corrected chi connectivity index (χ2v) is 10.2. The van der Waals surface area contributed by atoms with Gasteiger partial charge in [-0.3, -0.25) is 9.52 Å². The summed E-state index contributed by atoms with van der Waals surface area (Å²) in [6.07, 6.45) is 3.40. The van der Waals surface area contributed by atoms with Gasteiger partial charge in [-0.1, -0.05) is 42.0 Å². The van der Waals surface area contributed by atoms with E-state index in [1.807, 2.05) is 13.8 Å². The molecule has 3 aromatic carbocycles. The van der Waals surface area contributed by atoms with Crippen LogP contribution in [0.15, 0.2) is 65.6 Å². The first-order valence-corrected chi connectivity index (χ1v) is 12.3. The third-order valence-electron chi connectivity index (χ3n) is 6.12. The molecule has 0 aromatic heterocycles. The zero-order valence-corrected chi connectivity index (χ0v) is 19.4. The van der Waals surface area contributed by atoms with Crippen molar-refractivity contribution >= 4 is 21.6 Å². The van der Waals surface area contributed by atoms with E-state index in [9.17, 15) is 13.2 Å². The number of benzene rings is 3. The highest BCUT2D eigenvalue weighted by Crippen LogP contribution is 2.27. The van der Waals surface area contributed by atoms with Crippen LogP contribution in [0.25, 0.3) is 0 Å². The Hall–Kier alpha value is -3.12. The number of hydrogen-bond acceptors (Lipinski definition) is 3. The molecule has 3 aromatic rings. The molecule has 0 radical (unpaired) electrons. The highest BCUT2D eigenvalue weighted by molar-refractivity contribution is 7.92. The van der Waals surface area contributed by atoms with Gasteiger partial charge in [0, 0.05) is 5.56 Å². The Morgan fingerprint density at radius 3 is 2.41 bits per heavy atom. The van der Waals surface area contributed by atoms with Crippen molar-refractivity contribution in [2.24, 2.45) is 0 Å². The minimum atomic E-state index is -3.75. The van der Waals surface area contributed by atoms with E-state index in [1.54, 1.807) is 49.4 Å². The van der Waals surface area contributed by atoms with Crippen molar-refractivity contribution in [1.82, 2.24) is 5.32 Å². The first kappa shape index (κ1) is 22.1. The monoisotopic (exact) mass is 448 g/mol. The number of sulfonamides is 1. The summed E-state index contributed by atoms with van der Waals surface area (Å²) >= 11 is 0. The van der Waals surface area contributed by atoms with Crippen LogP contribution in [0.3, 0.4) is 0 Å². The van der Waals surface area contributed by atoms with Gasteiger partial charge in [-0.2, -0.15) is 0 Å². The second-order valence-electron chi connectivity index (χ2n) is 8.47. The van der Waals surface area contributed by atoms with Gasteiger partial charge in [-0.25, -0.2) is 8.42 Å². The van der Waals surface area contributed by atoms with Crippen LogP contribution in [-0.4, -0.2) is 14.3 Å². The summed E-state index contributed by atoms with van der Waals surface area (Å²) < 4.78 is 28.2. The van der Waals surface area contributed by atoms with Gasteiger partial charge in [-0.05, 0) is 86.6 Å². The fraction of sp³-hybridized carbons (Fsp3) is 0.269. The zero-order valence-electron chi connectivity index (χ0n) is 18.6. The lowest BCUT2D eigenvalue weighted by Gasteiger charge is -2.18. The van der Waals surface area contributed by atoms with Gasteiger partial charge < -0.3 is 5.32 Å². The van der Waals surface area contributed by atoms with Crippen molar-refractivity contribution in [2.45, 2.75) is 51.0 Å². The van der Waals surface area contributed by atoms with Gasteiger partial charge >= 0.3 is 0 Å². The minimum Gasteiger partial charge on any atom is -0.346 e. The lowest BCUT2D eigenvalue weighted by molar-refractivity contribution is 0.0939. The molecule has 2 N–H and O–H groups in total. The average molecular weight is 449 g/mol. The molecule has 4 rings (SSSR count). The van der Waals surface area contributed by atoms with E-state index in [4.69, 9.17) is 0 Å². The maximum atomic E-state index is 13.0. The lowest BCUT2D eigenvalue weighted by atomic mass is 10.0. The van der Waals surface area contributed by atoms with Gasteiger partial charge in [-0.15, -0.1) is 0 Å². The molecule has 0 unspecified atom stereocenters. The number of nitrogens with one attached hydrogen (secondary N) is 2. The number of anilines is 1. The first-order valence-electron chi connectivity index (χ1n) is 10.9. The fourth-order valence-electron chi connectivity index (χ4n) is 4.13. The summed E-state index contributed by atoms with van der Waals surface area (Å²) in [5.74, 6) is -0.230. The smallest absolute Gasteiger partial charge is 0.261 e. The van der Waals surface area contributed by atoms with E-state index >= 15 is 0 Å². The maximum absolute atomic E-state index is 13.0. The highest BCUT2D eigenvalue weighted by atomic mass is 32.2. The molecular weight excluding hydrogens is 420 g/mol. The predicted molar refractivity (Wildman–Crippen MR) is 128 cm³/mol. The number of amides is 1. The van der Waals surface area contributed by atoms with E-state index < -0.39 is 10.0 Å². The summed E-state index contributed by atoms with van der Waals surface area (Å²) in [7, 11) is -3.75. The highest BCUT2D eigenvalue weighted by Gasteiger charge is 2.20. The van der Waals surface area contributed by atoms with E-state index in [0.717, 1.165) is 24.0 Å². The molecule has 1 amide bonds. The van der Waals surface area contributed by atoms with Gasteiger partial charge in [0.05, 0.1) is 16.6 Å². The molecule has 0 spiro atoms. The third kappa shape index (κ3) is 4.55. The van der Waals surface area contributed by atoms with Crippen LogP contribution >= 0.6 is 0 Å². The Kier molecular flexibility index (Phi) is 6.07. The largest absolute Gasteiger partial charge is 0.346 e. The van der Waals surface area contributed by atoms with Crippen LogP contribution in [0.4, 0.5) is 5.69 Å². The van der Waals surface area contributed by atoms with E-state index in [-0.39, 0.29) is 16.8 Å². The van der Waals surface area contributed by atoms with Crippen molar-refractivity contribution in [3.8, 4) is 0 Å². The number of rotatable bonds is 6. The molecule has 6 heteroatoms. The number of hydrogen-bond donors (Lipinski definition) is 2. The molecule has 0 heterocycles. The third-order valence-corrected chi connectivity index (χ3v) is 7.51. The maximum Gasteiger partial charge on any atom is 0.261 e. The molecule has 166 valence electrons. The van der Waals surface area contributed by atoms with Gasteiger partial charge in [0.15, 0.2) is 0 Å². The van der Waals surface area contributed by atoms with Crippen LogP contribution < -0.4 is 10.0 Å². The first-order chi connectivity index (χ1) is 15.2. The molecule has 0 aliphatic heterocycles. The average Bonchev–Trinajstić information content (AvgIpc) is 3.23. The summed E-state index contributed by atoms with van der Waals surface area (Å²) in [6, 6.07) is 18.0. The van der Waals surface area contributed by atoms with Crippen LogP contribution in [0.2, 0.25) is 0 Å². The van der Waals surface area contributed by atoms with Crippen LogP contribution in [0.5, 0.6) is 0 Å². The van der Waals surface area contributed by atoms with Crippen molar-refractivity contribution < 1.29 is 13.2 Å². The molecular formula is C26H28N2O3S. The minimum absolute atomic E-state index is 0.152. The predicted octanol–water partition coefficient (Wildman–Crippen LogP) is 5.08. The van der Waals surface area contributed by atoms with Crippen LogP contribution in [0, 0.1) is 13.8 Å². The number of fused-ring (bicyclic) bond motifs is 1. The molecule has 0 saturated heterocycles. The fourth-order valence-corrected chi connectivity index (χ4v) is 5.26. The van der Waals surface area contributed by atoms with E-state index in [1.165, 1.54) is 17.5 Å². The number of carbonyl (C=O) groups is 1. The summed E-state index contributed by atoms with van der Waals surface area (Å²) in [6.45, 7) is 5.62. The lowest BCUT2D eigenvalue weighted by Crippen LogP contribution is -2.27. The Balaban J connectivity index is 1.52. The number of carbonyl (C=O) groups excluding carboxylic acids is 1. The van der Waals surface area contributed by atoms with E-state index in [2.05, 4.69) is 28.2 Å². The second kappa shape index (κ2) is 8.79. The quantitative estimate of drug-likeness (QED) is 0.552. The summed E-state index contributed by atoms with van der Waals surface area (Å²) in [5.41, 5.74) is 6.25. The normalized spacial score (nSPS) is 14.0. The molecule has 1 atom stereocenters. The summed E-state index contributed by atoms with van der Waals surface area (Å²) in [5, 5.41) is 3.06. The SMILES string of the molecule is Cc1ccc(S(=O)(=O)Nc2cccc(C(=O)N[C@@H](C)c3ccc4c(c3)CCC4)c2C)cc1. The van der Waals surface area contributed by atoms with Crippen molar-refractivity contribution in [2.75, 3.05) is 4.72 Å². The van der Waals surface area contributed by atoms with Gasteiger partial charge in [0.1, 0.15) is 0 Å². The molecule has 1 aliphatic carbocycles. The molecule has 0 bridgehead atoms. The molecule has 32 heavy (non-hydrogen) atoms. The standard InChI is InChI=1S/C26H28N2O3S/c1-17-10-14-23(15-11-17)32(30,31)28-25-9-5-8-24(18(25)2)26(29)27-19(3)21-13-12-20-6-4-7-22(20)16-21/h5,8-16,19,28H,4,6-7H2,1-3H3,(H,27,29)/t19-/m0/s1. The Morgan fingerprint density at radius 1 is 0.938 bits per heavy atom. The zero-order chi connectivity index (χ0) is 22.9. The Bertz CT molecular complexity index is 1260. The molecule has 5 nitrogen and oxygen atoms in total. The Labute approximate surface area is 189 Å². The van der Waals surface area contributed by atoms with E-state index in [0.29, 0.717) is 16.8 Å². The van der Waals surface area contributed by atoms with Crippen molar-refractivity contribution in [3.05, 3.63) is 94.0 Å². The molecule has 1 aliphatic rings. The van der Waals surface area contributed by atoms with Crippen LogP contribution in [-0.2, 0) is 22.9 Å². The van der Waals surface area contributed by atoms with Gasteiger partial charge in [0.2, 0.25) is 0 Å². The molecule has 0 fully saturated rings. The van der Waals surface area contributed by atoms with Crippen LogP contribution in [0.1, 0.15) is 57.6 Å². The molecule has 0 saturated carbocycles. The van der Waals surface area contributed by atoms with Gasteiger partial charge in [0.25, 0.3) is 15.9 Å². The van der Waals surface area contributed by atoms with Crippen molar-refractivity contribution in [3.63, 3.8) is 0 Å². The Morgan fingerprint density at radius 2 is 1.66 bits per heavy atom. The summed E-state index contributed by atoms with van der Waals surface area (Å²) in [4.78, 5) is 13.2. The number of aryl methyl sites for hydroxylation is 3.